The highest BCUT2D eigenvalue weighted by Gasteiger charge is 2.17. The van der Waals surface area contributed by atoms with Gasteiger partial charge >= 0.3 is 0 Å². The van der Waals surface area contributed by atoms with E-state index in [1.165, 1.54) is 11.8 Å². The molecule has 0 aliphatic heterocycles. The predicted octanol–water partition coefficient (Wildman–Crippen LogP) is 4.63. The van der Waals surface area contributed by atoms with Crippen molar-refractivity contribution >= 4 is 35.0 Å². The van der Waals surface area contributed by atoms with Gasteiger partial charge in [-0.1, -0.05) is 23.4 Å². The highest BCUT2D eigenvalue weighted by atomic mass is 35.5. The van der Waals surface area contributed by atoms with Crippen LogP contribution in [-0.2, 0) is 4.79 Å². The van der Waals surface area contributed by atoms with Crippen molar-refractivity contribution in [2.75, 3.05) is 20.0 Å². The zero-order chi connectivity index (χ0) is 25.5. The molecule has 9 nitrogen and oxygen atoms in total. The van der Waals surface area contributed by atoms with Gasteiger partial charge in [0, 0.05) is 34.2 Å². The number of carbonyl (C=O) groups excluding carboxylic acids is 1. The number of carbonyl (C=O) groups is 1. The molecule has 184 valence electrons. The molecule has 4 rings (SSSR count). The molecule has 0 saturated carbocycles. The van der Waals surface area contributed by atoms with Crippen molar-refractivity contribution in [3.05, 3.63) is 77.6 Å². The molecule has 0 unspecified atom stereocenters. The lowest BCUT2D eigenvalue weighted by Gasteiger charge is -2.10. The van der Waals surface area contributed by atoms with Gasteiger partial charge in [0.2, 0.25) is 0 Å². The normalized spacial score (nSPS) is 11.3. The van der Waals surface area contributed by atoms with Crippen LogP contribution in [0.15, 0.2) is 77.2 Å². The first kappa shape index (κ1) is 25.2. The Labute approximate surface area is 217 Å². The number of nitrogens with one attached hydrogen (secondary N) is 1. The molecular weight excluding hydrogens is 500 g/mol. The van der Waals surface area contributed by atoms with Crippen LogP contribution in [0.1, 0.15) is 12.5 Å². The van der Waals surface area contributed by atoms with Crippen LogP contribution in [0.2, 0.25) is 5.02 Å². The van der Waals surface area contributed by atoms with Crippen molar-refractivity contribution in [1.82, 2.24) is 25.2 Å². The SMILES string of the molecule is COc1ccc(/C(C)=N/NC(=O)CSc2nnc(-c3ccncc3)n2-c2ccc(Cl)cc2)cc1OC. The molecule has 0 aliphatic rings. The molecule has 2 heterocycles. The molecule has 4 aromatic rings. The van der Waals surface area contributed by atoms with E-state index < -0.39 is 0 Å². The molecular formula is C25H23ClN6O3S. The minimum Gasteiger partial charge on any atom is -0.493 e. The van der Waals surface area contributed by atoms with Crippen molar-refractivity contribution in [3.8, 4) is 28.6 Å². The van der Waals surface area contributed by atoms with Gasteiger partial charge in [0.25, 0.3) is 5.91 Å². The molecule has 2 aromatic heterocycles. The van der Waals surface area contributed by atoms with Gasteiger partial charge in [-0.2, -0.15) is 5.10 Å². The summed E-state index contributed by atoms with van der Waals surface area (Å²) in [5, 5.41) is 14.1. The summed E-state index contributed by atoms with van der Waals surface area (Å²) in [7, 11) is 3.14. The Morgan fingerprint density at radius 3 is 2.44 bits per heavy atom. The fourth-order valence-electron chi connectivity index (χ4n) is 3.31. The molecule has 2 aromatic carbocycles. The van der Waals surface area contributed by atoms with E-state index in [1.807, 2.05) is 34.9 Å². The van der Waals surface area contributed by atoms with Crippen LogP contribution in [0, 0.1) is 0 Å². The smallest absolute Gasteiger partial charge is 0.250 e. The highest BCUT2D eigenvalue weighted by Crippen LogP contribution is 2.29. The van der Waals surface area contributed by atoms with Crippen LogP contribution in [0.3, 0.4) is 0 Å². The van der Waals surface area contributed by atoms with E-state index in [0.29, 0.717) is 33.2 Å². The van der Waals surface area contributed by atoms with E-state index in [4.69, 9.17) is 21.1 Å². The molecule has 0 aliphatic carbocycles. The molecule has 0 bridgehead atoms. The van der Waals surface area contributed by atoms with Gasteiger partial charge in [-0.3, -0.25) is 14.3 Å². The molecule has 0 spiro atoms. The quantitative estimate of drug-likeness (QED) is 0.194. The third kappa shape index (κ3) is 5.84. The Morgan fingerprint density at radius 2 is 1.75 bits per heavy atom. The maximum Gasteiger partial charge on any atom is 0.250 e. The fraction of sp³-hybridized carbons (Fsp3) is 0.160. The molecule has 0 fully saturated rings. The largest absolute Gasteiger partial charge is 0.493 e. The average Bonchev–Trinajstić information content (AvgIpc) is 3.35. The van der Waals surface area contributed by atoms with Crippen LogP contribution >= 0.6 is 23.4 Å². The standard InChI is InChI=1S/C25H23ClN6O3S/c1-16(18-4-9-21(34-2)22(14-18)35-3)28-29-23(33)15-36-25-31-30-24(17-10-12-27-13-11-17)32(25)20-7-5-19(26)6-8-20/h4-14H,15H2,1-3H3,(H,29,33)/b28-16+. The van der Waals surface area contributed by atoms with Crippen LogP contribution in [-0.4, -0.2) is 51.3 Å². The molecule has 11 heteroatoms. The predicted molar refractivity (Wildman–Crippen MR) is 140 cm³/mol. The number of pyridine rings is 1. The van der Waals surface area contributed by atoms with Crippen LogP contribution in [0.5, 0.6) is 11.5 Å². The van der Waals surface area contributed by atoms with E-state index in [2.05, 4.69) is 25.7 Å². The summed E-state index contributed by atoms with van der Waals surface area (Å²) in [5.74, 6) is 1.63. The Morgan fingerprint density at radius 1 is 1.03 bits per heavy atom. The first-order chi connectivity index (χ1) is 17.5. The van der Waals surface area contributed by atoms with E-state index >= 15 is 0 Å². The van der Waals surface area contributed by atoms with Crippen molar-refractivity contribution in [1.29, 1.82) is 0 Å². The number of ether oxygens (including phenoxy) is 2. The number of halogens is 1. The average molecular weight is 523 g/mol. The van der Waals surface area contributed by atoms with E-state index in [0.717, 1.165) is 16.8 Å². The topological polar surface area (TPSA) is 104 Å². The number of amides is 1. The third-order valence-corrected chi connectivity index (χ3v) is 6.32. The summed E-state index contributed by atoms with van der Waals surface area (Å²) in [6, 6.07) is 16.5. The number of hydrogen-bond donors (Lipinski definition) is 1. The summed E-state index contributed by atoms with van der Waals surface area (Å²) in [6.45, 7) is 1.80. The summed E-state index contributed by atoms with van der Waals surface area (Å²) in [4.78, 5) is 16.6. The van der Waals surface area contributed by atoms with Gasteiger partial charge in [0.15, 0.2) is 22.5 Å². The highest BCUT2D eigenvalue weighted by molar-refractivity contribution is 7.99. The first-order valence-corrected chi connectivity index (χ1v) is 12.2. The number of aromatic nitrogens is 4. The number of rotatable bonds is 9. The van der Waals surface area contributed by atoms with Crippen molar-refractivity contribution in [2.45, 2.75) is 12.1 Å². The molecule has 0 saturated heterocycles. The van der Waals surface area contributed by atoms with Gasteiger partial charge in [0.05, 0.1) is 25.7 Å². The zero-order valence-electron chi connectivity index (χ0n) is 19.8. The van der Waals surface area contributed by atoms with E-state index in [-0.39, 0.29) is 11.7 Å². The lowest BCUT2D eigenvalue weighted by Crippen LogP contribution is -2.21. The first-order valence-electron chi connectivity index (χ1n) is 10.8. The summed E-state index contributed by atoms with van der Waals surface area (Å²) in [6.07, 6.45) is 3.38. The number of hydrazone groups is 1. The second-order valence-corrected chi connectivity index (χ2v) is 8.82. The van der Waals surface area contributed by atoms with Gasteiger partial charge in [-0.05, 0) is 61.5 Å². The number of methoxy groups -OCH3 is 2. The van der Waals surface area contributed by atoms with Gasteiger partial charge in [-0.25, -0.2) is 5.43 Å². The van der Waals surface area contributed by atoms with E-state index in [1.54, 1.807) is 57.8 Å². The number of hydrogen-bond acceptors (Lipinski definition) is 8. The Hall–Kier alpha value is -3.89. The van der Waals surface area contributed by atoms with Gasteiger partial charge < -0.3 is 9.47 Å². The Balaban J connectivity index is 1.49. The molecule has 0 atom stereocenters. The van der Waals surface area contributed by atoms with Crippen LogP contribution in [0.4, 0.5) is 0 Å². The monoisotopic (exact) mass is 522 g/mol. The van der Waals surface area contributed by atoms with Crippen molar-refractivity contribution in [2.24, 2.45) is 5.10 Å². The van der Waals surface area contributed by atoms with Crippen LogP contribution < -0.4 is 14.9 Å². The van der Waals surface area contributed by atoms with Gasteiger partial charge in [0.1, 0.15) is 0 Å². The number of thioether (sulfide) groups is 1. The van der Waals surface area contributed by atoms with Crippen molar-refractivity contribution in [3.63, 3.8) is 0 Å². The lowest BCUT2D eigenvalue weighted by molar-refractivity contribution is -0.118. The number of benzene rings is 2. The second kappa shape index (κ2) is 11.7. The maximum absolute atomic E-state index is 12.6. The van der Waals surface area contributed by atoms with Gasteiger partial charge in [-0.15, -0.1) is 10.2 Å². The maximum atomic E-state index is 12.6. The van der Waals surface area contributed by atoms with Crippen molar-refractivity contribution < 1.29 is 14.3 Å². The molecule has 36 heavy (non-hydrogen) atoms. The number of nitrogens with zero attached hydrogens (tertiary/aromatic N) is 5. The Bertz CT molecular complexity index is 1380. The second-order valence-electron chi connectivity index (χ2n) is 7.44. The summed E-state index contributed by atoms with van der Waals surface area (Å²) >= 11 is 7.33. The minimum absolute atomic E-state index is 0.0881. The molecule has 1 N–H and O–H groups in total. The molecule has 1 amide bonds. The summed E-state index contributed by atoms with van der Waals surface area (Å²) in [5.41, 5.74) is 5.68. The Kier molecular flexibility index (Phi) is 8.19. The van der Waals surface area contributed by atoms with Crippen LogP contribution in [0.25, 0.3) is 17.1 Å². The third-order valence-electron chi connectivity index (χ3n) is 5.14. The minimum atomic E-state index is -0.282. The lowest BCUT2D eigenvalue weighted by atomic mass is 10.1. The fourth-order valence-corrected chi connectivity index (χ4v) is 4.18. The molecule has 0 radical (unpaired) electrons. The van der Waals surface area contributed by atoms with E-state index in [9.17, 15) is 4.79 Å². The zero-order valence-corrected chi connectivity index (χ0v) is 21.4. The summed E-state index contributed by atoms with van der Waals surface area (Å²) < 4.78 is 12.5.